The van der Waals surface area contributed by atoms with Crippen LogP contribution in [0.2, 0.25) is 5.02 Å². The molecule has 2 aromatic carbocycles. The third kappa shape index (κ3) is 3.24. The van der Waals surface area contributed by atoms with Crippen LogP contribution in [0.3, 0.4) is 0 Å². The molecule has 1 heterocycles. The standard InChI is InChI=1S/C25H26ClN3O/c1-25(2,3)17-6-10-19(11-7-17)27-24(30)22-21-15-4-5-16(14-15)23(21)29(28-22)20-12-8-18(26)9-13-20/h6-13,15-16H,4-5,14H2,1-3H3,(H,27,30). The zero-order valence-electron chi connectivity index (χ0n) is 17.6. The van der Waals surface area contributed by atoms with Gasteiger partial charge in [-0.1, -0.05) is 44.5 Å². The van der Waals surface area contributed by atoms with Crippen LogP contribution in [-0.4, -0.2) is 15.7 Å². The summed E-state index contributed by atoms with van der Waals surface area (Å²) >= 11 is 6.07. The summed E-state index contributed by atoms with van der Waals surface area (Å²) in [7, 11) is 0. The van der Waals surface area contributed by atoms with Crippen LogP contribution in [0.4, 0.5) is 5.69 Å². The quantitative estimate of drug-likeness (QED) is 0.530. The monoisotopic (exact) mass is 419 g/mol. The van der Waals surface area contributed by atoms with Crippen LogP contribution in [0.1, 0.15) is 79.2 Å². The van der Waals surface area contributed by atoms with Crippen molar-refractivity contribution in [3.8, 4) is 5.69 Å². The number of carbonyl (C=O) groups excluding carboxylic acids is 1. The average molecular weight is 420 g/mol. The first-order chi connectivity index (χ1) is 14.3. The summed E-state index contributed by atoms with van der Waals surface area (Å²) in [6, 6.07) is 15.8. The van der Waals surface area contributed by atoms with E-state index in [0.29, 0.717) is 22.6 Å². The highest BCUT2D eigenvalue weighted by atomic mass is 35.5. The zero-order valence-corrected chi connectivity index (χ0v) is 18.3. The fraction of sp³-hybridized carbons (Fsp3) is 0.360. The summed E-state index contributed by atoms with van der Waals surface area (Å²) < 4.78 is 1.97. The highest BCUT2D eigenvalue weighted by Crippen LogP contribution is 2.54. The molecule has 4 nitrogen and oxygen atoms in total. The lowest BCUT2D eigenvalue weighted by molar-refractivity contribution is 0.102. The fourth-order valence-corrected chi connectivity index (χ4v) is 5.05. The smallest absolute Gasteiger partial charge is 0.276 e. The maximum atomic E-state index is 13.2. The van der Waals surface area contributed by atoms with Gasteiger partial charge in [-0.05, 0) is 72.6 Å². The fourth-order valence-electron chi connectivity index (χ4n) is 4.92. The van der Waals surface area contributed by atoms with E-state index in [0.717, 1.165) is 29.8 Å². The number of benzene rings is 2. The van der Waals surface area contributed by atoms with E-state index in [9.17, 15) is 4.79 Å². The third-order valence-corrected chi connectivity index (χ3v) is 6.73. The molecule has 3 aromatic rings. The van der Waals surface area contributed by atoms with Gasteiger partial charge in [-0.25, -0.2) is 4.68 Å². The number of fused-ring (bicyclic) bond motifs is 5. The number of halogens is 1. The molecule has 0 radical (unpaired) electrons. The topological polar surface area (TPSA) is 46.9 Å². The summed E-state index contributed by atoms with van der Waals surface area (Å²) in [5.74, 6) is 0.797. The van der Waals surface area contributed by atoms with Gasteiger partial charge in [0.05, 0.1) is 11.4 Å². The molecule has 5 rings (SSSR count). The van der Waals surface area contributed by atoms with Crippen molar-refractivity contribution in [2.75, 3.05) is 5.32 Å². The lowest BCUT2D eigenvalue weighted by Gasteiger charge is -2.19. The highest BCUT2D eigenvalue weighted by molar-refractivity contribution is 6.30. The number of amides is 1. The molecule has 1 saturated carbocycles. The van der Waals surface area contributed by atoms with E-state index in [-0.39, 0.29) is 11.3 Å². The summed E-state index contributed by atoms with van der Waals surface area (Å²) in [5, 5.41) is 8.55. The SMILES string of the molecule is CC(C)(C)c1ccc(NC(=O)c2nn(-c3ccc(Cl)cc3)c3c2C2CCC3C2)cc1. The number of nitrogens with zero attached hydrogens (tertiary/aromatic N) is 2. The molecule has 154 valence electrons. The predicted octanol–water partition coefficient (Wildman–Crippen LogP) is 6.44. The zero-order chi connectivity index (χ0) is 21.0. The third-order valence-electron chi connectivity index (χ3n) is 6.48. The van der Waals surface area contributed by atoms with Gasteiger partial charge >= 0.3 is 0 Å². The van der Waals surface area contributed by atoms with Crippen LogP contribution in [0, 0.1) is 0 Å². The van der Waals surface area contributed by atoms with Crippen LogP contribution in [0.5, 0.6) is 0 Å². The van der Waals surface area contributed by atoms with Crippen molar-refractivity contribution in [2.24, 2.45) is 0 Å². The molecular weight excluding hydrogens is 394 g/mol. The summed E-state index contributed by atoms with van der Waals surface area (Å²) in [6.45, 7) is 6.55. The van der Waals surface area contributed by atoms with Crippen molar-refractivity contribution < 1.29 is 4.79 Å². The molecule has 2 aliphatic rings. The molecule has 30 heavy (non-hydrogen) atoms. The number of rotatable bonds is 3. The van der Waals surface area contributed by atoms with Crippen molar-refractivity contribution in [2.45, 2.75) is 57.3 Å². The van der Waals surface area contributed by atoms with Gasteiger partial charge in [0.15, 0.2) is 5.69 Å². The first-order valence-corrected chi connectivity index (χ1v) is 11.0. The molecule has 2 bridgehead atoms. The maximum Gasteiger partial charge on any atom is 0.276 e. The van der Waals surface area contributed by atoms with Crippen molar-refractivity contribution in [3.05, 3.63) is 76.1 Å². The molecular formula is C25H26ClN3O. The predicted molar refractivity (Wildman–Crippen MR) is 121 cm³/mol. The Bertz CT molecular complexity index is 1110. The minimum atomic E-state index is -0.130. The molecule has 2 atom stereocenters. The van der Waals surface area contributed by atoms with Gasteiger partial charge in [-0.2, -0.15) is 5.10 Å². The van der Waals surface area contributed by atoms with Crippen LogP contribution >= 0.6 is 11.6 Å². The van der Waals surface area contributed by atoms with Gasteiger partial charge < -0.3 is 5.32 Å². The Hall–Kier alpha value is -2.59. The second-order valence-corrected chi connectivity index (χ2v) is 9.96. The summed E-state index contributed by atoms with van der Waals surface area (Å²) in [6.07, 6.45) is 3.44. The van der Waals surface area contributed by atoms with E-state index in [2.05, 4.69) is 38.2 Å². The Morgan fingerprint density at radius 1 is 1.03 bits per heavy atom. The molecule has 0 saturated heterocycles. The lowest BCUT2D eigenvalue weighted by Crippen LogP contribution is -2.16. The van der Waals surface area contributed by atoms with Crippen molar-refractivity contribution in [1.82, 2.24) is 9.78 Å². The van der Waals surface area contributed by atoms with E-state index in [1.54, 1.807) is 0 Å². The Labute approximate surface area is 182 Å². The van der Waals surface area contributed by atoms with Crippen LogP contribution in [0.15, 0.2) is 48.5 Å². The molecule has 2 aliphatic carbocycles. The van der Waals surface area contributed by atoms with Crippen LogP contribution in [0.25, 0.3) is 5.69 Å². The molecule has 0 aliphatic heterocycles. The Kier molecular flexibility index (Phi) is 4.51. The van der Waals surface area contributed by atoms with Gasteiger partial charge in [0, 0.05) is 22.2 Å². The second-order valence-electron chi connectivity index (χ2n) is 9.52. The minimum Gasteiger partial charge on any atom is -0.321 e. The number of carbonyl (C=O) groups is 1. The second kappa shape index (κ2) is 6.98. The van der Waals surface area contributed by atoms with Crippen molar-refractivity contribution in [1.29, 1.82) is 0 Å². The van der Waals surface area contributed by atoms with Gasteiger partial charge in [0.1, 0.15) is 0 Å². The number of nitrogens with one attached hydrogen (secondary N) is 1. The van der Waals surface area contributed by atoms with Gasteiger partial charge in [-0.3, -0.25) is 4.79 Å². The average Bonchev–Trinajstić information content (AvgIpc) is 3.41. The molecule has 0 spiro atoms. The van der Waals surface area contributed by atoms with E-state index in [1.165, 1.54) is 17.7 Å². The van der Waals surface area contributed by atoms with Crippen molar-refractivity contribution >= 4 is 23.2 Å². The highest BCUT2D eigenvalue weighted by Gasteiger charge is 2.44. The summed E-state index contributed by atoms with van der Waals surface area (Å²) in [4.78, 5) is 13.2. The first-order valence-electron chi connectivity index (χ1n) is 10.6. The van der Waals surface area contributed by atoms with Crippen molar-refractivity contribution in [3.63, 3.8) is 0 Å². The van der Waals surface area contributed by atoms with Gasteiger partial charge in [0.25, 0.3) is 5.91 Å². The number of anilines is 1. The Morgan fingerprint density at radius 3 is 2.37 bits per heavy atom. The lowest BCUT2D eigenvalue weighted by atomic mass is 9.87. The van der Waals surface area contributed by atoms with Crippen LogP contribution < -0.4 is 5.32 Å². The van der Waals surface area contributed by atoms with E-state index in [4.69, 9.17) is 16.7 Å². The largest absolute Gasteiger partial charge is 0.321 e. The molecule has 2 unspecified atom stereocenters. The Balaban J connectivity index is 1.49. The number of hydrogen-bond donors (Lipinski definition) is 1. The number of aromatic nitrogens is 2. The van der Waals surface area contributed by atoms with Gasteiger partial charge in [-0.15, -0.1) is 0 Å². The van der Waals surface area contributed by atoms with E-state index >= 15 is 0 Å². The maximum absolute atomic E-state index is 13.2. The first kappa shape index (κ1) is 19.4. The molecule has 1 fully saturated rings. The molecule has 1 aromatic heterocycles. The summed E-state index contributed by atoms with van der Waals surface area (Å²) in [5.41, 5.74) is 5.99. The minimum absolute atomic E-state index is 0.0833. The Morgan fingerprint density at radius 2 is 1.70 bits per heavy atom. The molecule has 1 N–H and O–H groups in total. The molecule has 1 amide bonds. The van der Waals surface area contributed by atoms with Gasteiger partial charge in [0.2, 0.25) is 0 Å². The van der Waals surface area contributed by atoms with E-state index in [1.807, 2.05) is 41.1 Å². The number of hydrogen-bond acceptors (Lipinski definition) is 2. The normalized spacial score (nSPS) is 19.7. The van der Waals surface area contributed by atoms with Crippen LogP contribution in [-0.2, 0) is 5.41 Å². The van der Waals surface area contributed by atoms with E-state index < -0.39 is 0 Å². The molecule has 5 heteroatoms.